The van der Waals surface area contributed by atoms with Crippen molar-refractivity contribution in [2.45, 2.75) is 58.9 Å². The van der Waals surface area contributed by atoms with Gasteiger partial charge in [0.15, 0.2) is 5.78 Å². The van der Waals surface area contributed by atoms with E-state index in [-0.39, 0.29) is 29.4 Å². The zero-order valence-electron chi connectivity index (χ0n) is 20.0. The van der Waals surface area contributed by atoms with Gasteiger partial charge in [-0.05, 0) is 72.6 Å². The van der Waals surface area contributed by atoms with Crippen LogP contribution in [0.1, 0.15) is 51.6 Å². The molecule has 1 saturated carbocycles. The first kappa shape index (κ1) is 25.0. The van der Waals surface area contributed by atoms with Crippen LogP contribution in [0.3, 0.4) is 0 Å². The minimum absolute atomic E-state index is 0.121. The second kappa shape index (κ2) is 9.53. The number of hydrogen-bond donors (Lipinski definition) is 2. The summed E-state index contributed by atoms with van der Waals surface area (Å²) >= 11 is 0. The molecule has 2 aromatic carbocycles. The van der Waals surface area contributed by atoms with Crippen molar-refractivity contribution in [3.8, 4) is 5.75 Å². The van der Waals surface area contributed by atoms with Gasteiger partial charge in [-0.1, -0.05) is 26.8 Å². The number of carbonyl (C=O) groups is 1. The minimum atomic E-state index is -4.75. The normalized spacial score (nSPS) is 20.1. The number of benzene rings is 2. The lowest BCUT2D eigenvalue weighted by molar-refractivity contribution is -0.274. The Hall–Kier alpha value is -3.07. The van der Waals surface area contributed by atoms with Crippen molar-refractivity contribution in [3.05, 3.63) is 48.0 Å². The van der Waals surface area contributed by atoms with Crippen LogP contribution in [0.5, 0.6) is 5.75 Å². The number of imidazole rings is 1. The van der Waals surface area contributed by atoms with Crippen LogP contribution in [-0.2, 0) is 11.2 Å². The standard InChI is InChI=1S/C26H30F3N3O3/c1-16-10-19(14-25(2,3)13-16)32-23-9-4-17(11-20(34)15-33)12-22(23)31-24(32)30-18-5-7-21(8-6-18)35-26(27,28)29/h4-9,12,16,19,33H,10-11,13-15H2,1-3H3,(H,30,31). The Labute approximate surface area is 202 Å². The number of nitrogens with zero attached hydrogens (tertiary/aromatic N) is 2. The smallest absolute Gasteiger partial charge is 0.406 e. The molecule has 9 heteroatoms. The highest BCUT2D eigenvalue weighted by Crippen LogP contribution is 2.46. The molecule has 1 fully saturated rings. The summed E-state index contributed by atoms with van der Waals surface area (Å²) in [6, 6.07) is 11.4. The molecule has 1 aliphatic rings. The lowest BCUT2D eigenvalue weighted by atomic mass is 9.70. The SMILES string of the molecule is CC1CC(n2c(Nc3ccc(OC(F)(F)F)cc3)nc3cc(CC(=O)CO)ccc32)CC(C)(C)C1. The number of aliphatic hydroxyl groups excluding tert-OH is 1. The molecule has 0 aliphatic heterocycles. The van der Waals surface area contributed by atoms with Crippen LogP contribution < -0.4 is 10.1 Å². The summed E-state index contributed by atoms with van der Waals surface area (Å²) < 4.78 is 43.7. The number of halogens is 3. The number of aromatic nitrogens is 2. The lowest BCUT2D eigenvalue weighted by Gasteiger charge is -2.40. The molecule has 6 nitrogen and oxygen atoms in total. The number of Topliss-reactive ketones (excluding diaryl/α,β-unsaturated/α-hetero) is 1. The first-order chi connectivity index (χ1) is 16.4. The Morgan fingerprint density at radius 1 is 1.20 bits per heavy atom. The molecule has 35 heavy (non-hydrogen) atoms. The van der Waals surface area contributed by atoms with Crippen LogP contribution in [0.2, 0.25) is 0 Å². The van der Waals surface area contributed by atoms with E-state index in [0.717, 1.165) is 30.3 Å². The molecule has 0 spiro atoms. The van der Waals surface area contributed by atoms with Crippen LogP contribution in [0.25, 0.3) is 11.0 Å². The number of rotatable bonds is 7. The number of ketones is 1. The number of hydrogen-bond acceptors (Lipinski definition) is 5. The highest BCUT2D eigenvalue weighted by molar-refractivity contribution is 5.85. The number of anilines is 2. The molecule has 2 N–H and O–H groups in total. The number of nitrogens with one attached hydrogen (secondary N) is 1. The first-order valence-corrected chi connectivity index (χ1v) is 11.7. The van der Waals surface area contributed by atoms with Gasteiger partial charge in [0.25, 0.3) is 0 Å². The minimum Gasteiger partial charge on any atom is -0.406 e. The van der Waals surface area contributed by atoms with E-state index in [1.165, 1.54) is 24.3 Å². The Morgan fingerprint density at radius 3 is 2.54 bits per heavy atom. The van der Waals surface area contributed by atoms with Gasteiger partial charge >= 0.3 is 6.36 Å². The van der Waals surface area contributed by atoms with E-state index in [4.69, 9.17) is 10.1 Å². The van der Waals surface area contributed by atoms with Gasteiger partial charge in [-0.25, -0.2) is 4.98 Å². The molecular formula is C26H30F3N3O3. The van der Waals surface area contributed by atoms with Crippen molar-refractivity contribution in [2.75, 3.05) is 11.9 Å². The average molecular weight is 490 g/mol. The van der Waals surface area contributed by atoms with E-state index >= 15 is 0 Å². The number of ether oxygens (including phenoxy) is 1. The molecule has 0 amide bonds. The molecule has 0 bridgehead atoms. The summed E-state index contributed by atoms with van der Waals surface area (Å²) in [6.45, 7) is 6.26. The van der Waals surface area contributed by atoms with Crippen LogP contribution in [0, 0.1) is 11.3 Å². The number of carbonyl (C=O) groups excluding carboxylic acids is 1. The van der Waals surface area contributed by atoms with Gasteiger partial charge in [-0.15, -0.1) is 13.2 Å². The Morgan fingerprint density at radius 2 is 1.91 bits per heavy atom. The molecule has 1 heterocycles. The molecule has 1 aromatic heterocycles. The number of aliphatic hydroxyl groups is 1. The second-order valence-electron chi connectivity index (χ2n) is 10.3. The van der Waals surface area contributed by atoms with Gasteiger partial charge in [0.05, 0.1) is 11.0 Å². The van der Waals surface area contributed by atoms with Crippen molar-refractivity contribution >= 4 is 28.5 Å². The molecular weight excluding hydrogens is 459 g/mol. The largest absolute Gasteiger partial charge is 0.573 e. The molecule has 4 rings (SSSR count). The molecule has 188 valence electrons. The first-order valence-electron chi connectivity index (χ1n) is 11.7. The highest BCUT2D eigenvalue weighted by atomic mass is 19.4. The Kier molecular flexibility index (Phi) is 6.81. The van der Waals surface area contributed by atoms with E-state index in [2.05, 4.69) is 35.4 Å². The van der Waals surface area contributed by atoms with Gasteiger partial charge < -0.3 is 19.7 Å². The molecule has 3 aromatic rings. The Bertz CT molecular complexity index is 1200. The molecule has 1 aliphatic carbocycles. The fraction of sp³-hybridized carbons (Fsp3) is 0.462. The maximum Gasteiger partial charge on any atom is 0.573 e. The van der Waals surface area contributed by atoms with E-state index in [9.17, 15) is 18.0 Å². The third kappa shape index (κ3) is 6.14. The highest BCUT2D eigenvalue weighted by Gasteiger charge is 2.35. The van der Waals surface area contributed by atoms with E-state index in [1.54, 1.807) is 0 Å². The monoisotopic (exact) mass is 489 g/mol. The summed E-state index contributed by atoms with van der Waals surface area (Å²) in [5.41, 5.74) is 3.12. The predicted molar refractivity (Wildman–Crippen MR) is 128 cm³/mol. The molecule has 2 atom stereocenters. The molecule has 0 saturated heterocycles. The van der Waals surface area contributed by atoms with Crippen LogP contribution in [-0.4, -0.2) is 33.4 Å². The topological polar surface area (TPSA) is 76.4 Å². The van der Waals surface area contributed by atoms with E-state index < -0.39 is 13.0 Å². The molecule has 2 unspecified atom stereocenters. The number of alkyl halides is 3. The third-order valence-electron chi connectivity index (χ3n) is 6.40. The van der Waals surface area contributed by atoms with E-state index in [1.807, 2.05) is 18.2 Å². The third-order valence-corrected chi connectivity index (χ3v) is 6.40. The average Bonchev–Trinajstić information content (AvgIpc) is 3.09. The fourth-order valence-corrected chi connectivity index (χ4v) is 5.36. The quantitative estimate of drug-likeness (QED) is 0.415. The summed E-state index contributed by atoms with van der Waals surface area (Å²) in [4.78, 5) is 16.5. The second-order valence-corrected chi connectivity index (χ2v) is 10.3. The van der Waals surface area contributed by atoms with Crippen LogP contribution >= 0.6 is 0 Å². The fourth-order valence-electron chi connectivity index (χ4n) is 5.36. The predicted octanol–water partition coefficient (Wildman–Crippen LogP) is 6.17. The van der Waals surface area contributed by atoms with E-state index in [0.29, 0.717) is 23.1 Å². The van der Waals surface area contributed by atoms with Crippen molar-refractivity contribution in [1.29, 1.82) is 0 Å². The van der Waals surface area contributed by atoms with Crippen molar-refractivity contribution < 1.29 is 27.8 Å². The van der Waals surface area contributed by atoms with Gasteiger partial charge in [-0.2, -0.15) is 0 Å². The molecule has 0 radical (unpaired) electrons. The maximum atomic E-state index is 12.5. The van der Waals surface area contributed by atoms with Crippen molar-refractivity contribution in [1.82, 2.24) is 9.55 Å². The number of fused-ring (bicyclic) bond motifs is 1. The van der Waals surface area contributed by atoms with Gasteiger partial charge in [0, 0.05) is 18.2 Å². The zero-order chi connectivity index (χ0) is 25.4. The summed E-state index contributed by atoms with van der Waals surface area (Å²) in [5.74, 6) is 0.545. The Balaban J connectivity index is 1.71. The summed E-state index contributed by atoms with van der Waals surface area (Å²) in [7, 11) is 0. The lowest BCUT2D eigenvalue weighted by Crippen LogP contribution is -2.29. The van der Waals surface area contributed by atoms with Crippen molar-refractivity contribution in [2.24, 2.45) is 11.3 Å². The maximum absolute atomic E-state index is 12.5. The van der Waals surface area contributed by atoms with Crippen molar-refractivity contribution in [3.63, 3.8) is 0 Å². The zero-order valence-corrected chi connectivity index (χ0v) is 20.0. The van der Waals surface area contributed by atoms with Gasteiger partial charge in [-0.3, -0.25) is 4.79 Å². The summed E-state index contributed by atoms with van der Waals surface area (Å²) in [6.07, 6.45) is -1.56. The van der Waals surface area contributed by atoms with Gasteiger partial charge in [0.1, 0.15) is 12.4 Å². The van der Waals surface area contributed by atoms with Gasteiger partial charge in [0.2, 0.25) is 5.95 Å². The van der Waals surface area contributed by atoms with Crippen LogP contribution in [0.15, 0.2) is 42.5 Å². The summed E-state index contributed by atoms with van der Waals surface area (Å²) in [5, 5.41) is 12.4. The van der Waals surface area contributed by atoms with Crippen LogP contribution in [0.4, 0.5) is 24.8 Å².